The van der Waals surface area contributed by atoms with E-state index >= 15 is 0 Å². The number of rotatable bonds is 5. The molecule has 0 saturated carbocycles. The molecule has 1 N–H and O–H groups in total. The number of carbonyl (C=O) groups is 4. The lowest BCUT2D eigenvalue weighted by Crippen LogP contribution is -2.49. The number of imide groups is 1. The first-order valence-electron chi connectivity index (χ1n) is 10.3. The van der Waals surface area contributed by atoms with E-state index in [1.54, 1.807) is 24.0 Å². The van der Waals surface area contributed by atoms with Crippen LogP contribution >= 0.6 is 0 Å². The van der Waals surface area contributed by atoms with Crippen LogP contribution in [0.15, 0.2) is 24.3 Å². The van der Waals surface area contributed by atoms with Gasteiger partial charge >= 0.3 is 12.0 Å². The number of aryl methyl sites for hydroxylation is 1. The normalized spacial score (nSPS) is 26.5. The Labute approximate surface area is 176 Å². The minimum Gasteiger partial charge on any atom is -0.454 e. The average molecular weight is 415 g/mol. The van der Waals surface area contributed by atoms with Crippen molar-refractivity contribution in [3.63, 3.8) is 0 Å². The van der Waals surface area contributed by atoms with Crippen LogP contribution in [0.4, 0.5) is 4.79 Å². The van der Waals surface area contributed by atoms with E-state index in [0.29, 0.717) is 5.56 Å². The monoisotopic (exact) mass is 415 g/mol. The van der Waals surface area contributed by atoms with Crippen molar-refractivity contribution in [2.24, 2.45) is 0 Å². The molecule has 8 heteroatoms. The number of nitrogens with zero attached hydrogens (tertiary/aromatic N) is 2. The Kier molecular flexibility index (Phi) is 6.14. The quantitative estimate of drug-likeness (QED) is 0.587. The van der Waals surface area contributed by atoms with Crippen LogP contribution in [0.25, 0.3) is 0 Å². The molecule has 0 spiro atoms. The highest BCUT2D eigenvalue weighted by molar-refractivity contribution is 6.08. The molecule has 2 saturated heterocycles. The van der Waals surface area contributed by atoms with Gasteiger partial charge in [0.1, 0.15) is 12.1 Å². The van der Waals surface area contributed by atoms with Gasteiger partial charge in [-0.3, -0.25) is 19.3 Å². The van der Waals surface area contributed by atoms with E-state index < -0.39 is 36.6 Å². The van der Waals surface area contributed by atoms with Gasteiger partial charge in [-0.15, -0.1) is 0 Å². The first-order chi connectivity index (χ1) is 14.1. The average Bonchev–Trinajstić information content (AvgIpc) is 2.90. The number of benzene rings is 1. The van der Waals surface area contributed by atoms with Gasteiger partial charge in [-0.05, 0) is 52.5 Å². The summed E-state index contributed by atoms with van der Waals surface area (Å²) in [6, 6.07) is 6.78. The van der Waals surface area contributed by atoms with Gasteiger partial charge in [-0.2, -0.15) is 0 Å². The minimum absolute atomic E-state index is 0.0982. The minimum atomic E-state index is -1.25. The van der Waals surface area contributed by atoms with E-state index in [4.69, 9.17) is 4.74 Å². The molecule has 3 atom stereocenters. The maximum Gasteiger partial charge on any atom is 0.326 e. The van der Waals surface area contributed by atoms with Gasteiger partial charge < -0.3 is 15.0 Å². The number of ether oxygens (including phenoxy) is 1. The van der Waals surface area contributed by atoms with Crippen molar-refractivity contribution in [1.82, 2.24) is 15.1 Å². The Morgan fingerprint density at radius 3 is 2.33 bits per heavy atom. The van der Waals surface area contributed by atoms with E-state index in [1.165, 1.54) is 0 Å². The topological polar surface area (TPSA) is 96.0 Å². The van der Waals surface area contributed by atoms with Gasteiger partial charge in [0.25, 0.3) is 11.8 Å². The van der Waals surface area contributed by atoms with Crippen molar-refractivity contribution in [1.29, 1.82) is 0 Å². The Morgan fingerprint density at radius 2 is 1.73 bits per heavy atom. The van der Waals surface area contributed by atoms with Gasteiger partial charge in [-0.1, -0.05) is 29.8 Å². The molecule has 2 aliphatic heterocycles. The first-order valence-corrected chi connectivity index (χ1v) is 10.3. The summed E-state index contributed by atoms with van der Waals surface area (Å²) in [6.45, 7) is 6.56. The number of likely N-dealkylation sites (tertiary alicyclic amines) is 1. The van der Waals surface area contributed by atoms with Crippen LogP contribution in [0.3, 0.4) is 0 Å². The number of hydrogen-bond acceptors (Lipinski definition) is 5. The second-order valence-corrected chi connectivity index (χ2v) is 8.40. The molecule has 0 unspecified atom stereocenters. The number of hydrogen-bond donors (Lipinski definition) is 1. The van der Waals surface area contributed by atoms with Crippen LogP contribution in [0.2, 0.25) is 0 Å². The largest absolute Gasteiger partial charge is 0.454 e. The first kappa shape index (κ1) is 21.8. The van der Waals surface area contributed by atoms with Crippen LogP contribution in [-0.4, -0.2) is 58.8 Å². The van der Waals surface area contributed by atoms with E-state index in [2.05, 4.69) is 5.32 Å². The Hall–Kier alpha value is -2.90. The van der Waals surface area contributed by atoms with Crippen LogP contribution in [-0.2, 0) is 24.7 Å². The zero-order valence-corrected chi connectivity index (χ0v) is 17.9. The smallest absolute Gasteiger partial charge is 0.326 e. The Bertz CT molecular complexity index is 843. The molecule has 4 amide bonds. The lowest BCUT2D eigenvalue weighted by molar-refractivity contribution is -0.156. The summed E-state index contributed by atoms with van der Waals surface area (Å²) < 4.78 is 5.10. The molecule has 1 aromatic carbocycles. The predicted octanol–water partition coefficient (Wildman–Crippen LogP) is 2.09. The fraction of sp³-hybridized carbons (Fsp3) is 0.545. The lowest BCUT2D eigenvalue weighted by Gasteiger charge is -2.38. The Balaban J connectivity index is 1.60. The van der Waals surface area contributed by atoms with Crippen molar-refractivity contribution in [2.45, 2.75) is 64.6 Å². The summed E-state index contributed by atoms with van der Waals surface area (Å²) in [5.74, 6) is -1.58. The summed E-state index contributed by atoms with van der Waals surface area (Å²) in [7, 11) is 0. The summed E-state index contributed by atoms with van der Waals surface area (Å²) in [4.78, 5) is 52.6. The third kappa shape index (κ3) is 4.17. The number of nitrogens with one attached hydrogen (secondary N) is 1. The van der Waals surface area contributed by atoms with Crippen molar-refractivity contribution >= 4 is 23.8 Å². The van der Waals surface area contributed by atoms with Crippen molar-refractivity contribution in [3.05, 3.63) is 35.4 Å². The molecule has 162 valence electrons. The molecule has 2 heterocycles. The summed E-state index contributed by atoms with van der Waals surface area (Å²) in [5, 5.41) is 2.65. The molecule has 3 rings (SSSR count). The number of piperidine rings is 1. The van der Waals surface area contributed by atoms with Crippen LogP contribution < -0.4 is 5.32 Å². The molecule has 2 aliphatic rings. The summed E-state index contributed by atoms with van der Waals surface area (Å²) in [5.41, 5.74) is 0.409. The number of amides is 4. The van der Waals surface area contributed by atoms with E-state index in [-0.39, 0.29) is 18.0 Å². The summed E-state index contributed by atoms with van der Waals surface area (Å²) in [6.07, 6.45) is 2.91. The molecular weight excluding hydrogens is 386 g/mol. The zero-order valence-electron chi connectivity index (χ0n) is 17.9. The summed E-state index contributed by atoms with van der Waals surface area (Å²) >= 11 is 0. The van der Waals surface area contributed by atoms with Gasteiger partial charge in [0.15, 0.2) is 6.61 Å². The van der Waals surface area contributed by atoms with Crippen LogP contribution in [0.5, 0.6) is 0 Å². The van der Waals surface area contributed by atoms with Crippen molar-refractivity contribution in [2.75, 3.05) is 13.2 Å². The predicted molar refractivity (Wildman–Crippen MR) is 109 cm³/mol. The second kappa shape index (κ2) is 8.45. The van der Waals surface area contributed by atoms with E-state index in [0.717, 1.165) is 29.7 Å². The van der Waals surface area contributed by atoms with Crippen LogP contribution in [0, 0.1) is 6.92 Å². The molecule has 8 nitrogen and oxygen atoms in total. The standard InChI is InChI=1S/C22H29N3O5/c1-14-8-10-17(11-9-14)22(4)20(28)24(21(29)23-22)12-19(27)30-13-18(26)25-15(2)6-5-7-16(25)3/h8-11,15-16H,5-7,12-13H2,1-4H3,(H,23,29)/t15-,16+,22-/m1/s1. The molecular formula is C22H29N3O5. The van der Waals surface area contributed by atoms with Gasteiger partial charge in [0.2, 0.25) is 0 Å². The molecule has 0 bridgehead atoms. The van der Waals surface area contributed by atoms with Crippen molar-refractivity contribution in [3.8, 4) is 0 Å². The molecule has 1 aromatic rings. The molecule has 0 aliphatic carbocycles. The van der Waals surface area contributed by atoms with Crippen LogP contribution in [0.1, 0.15) is 51.2 Å². The van der Waals surface area contributed by atoms with Gasteiger partial charge in [0.05, 0.1) is 0 Å². The highest BCUT2D eigenvalue weighted by Gasteiger charge is 2.49. The number of esters is 1. The van der Waals surface area contributed by atoms with E-state index in [9.17, 15) is 19.2 Å². The number of carbonyl (C=O) groups excluding carboxylic acids is 4. The third-order valence-electron chi connectivity index (χ3n) is 6.03. The van der Waals surface area contributed by atoms with Gasteiger partial charge in [-0.25, -0.2) is 4.79 Å². The number of urea groups is 1. The van der Waals surface area contributed by atoms with Gasteiger partial charge in [0, 0.05) is 12.1 Å². The fourth-order valence-corrected chi connectivity index (χ4v) is 4.23. The SMILES string of the molecule is Cc1ccc([C@@]2(C)NC(=O)N(CC(=O)OCC(=O)N3[C@H](C)CCC[C@@H]3C)C2=O)cc1. The molecule has 0 radical (unpaired) electrons. The molecule has 2 fully saturated rings. The maximum absolute atomic E-state index is 12.9. The van der Waals surface area contributed by atoms with E-state index in [1.807, 2.05) is 32.9 Å². The maximum atomic E-state index is 12.9. The molecule has 0 aromatic heterocycles. The highest BCUT2D eigenvalue weighted by Crippen LogP contribution is 2.29. The third-order valence-corrected chi connectivity index (χ3v) is 6.03. The Morgan fingerprint density at radius 1 is 1.13 bits per heavy atom. The fourth-order valence-electron chi connectivity index (χ4n) is 4.23. The highest BCUT2D eigenvalue weighted by atomic mass is 16.5. The van der Waals surface area contributed by atoms with Crippen molar-refractivity contribution < 1.29 is 23.9 Å². The zero-order chi connectivity index (χ0) is 22.1. The lowest BCUT2D eigenvalue weighted by atomic mass is 9.91. The molecule has 30 heavy (non-hydrogen) atoms. The second-order valence-electron chi connectivity index (χ2n) is 8.40.